The van der Waals surface area contributed by atoms with Gasteiger partial charge in [0.25, 0.3) is 5.91 Å². The minimum atomic E-state index is -4.86. The summed E-state index contributed by atoms with van der Waals surface area (Å²) in [4.78, 5) is 40.2. The number of rotatable bonds is 12. The van der Waals surface area contributed by atoms with Gasteiger partial charge in [0.15, 0.2) is 0 Å². The monoisotopic (exact) mass is 529 g/mol. The van der Waals surface area contributed by atoms with Crippen LogP contribution in [0.3, 0.4) is 0 Å². The maximum Gasteiger partial charge on any atom is 0.573 e. The number of alkyl halides is 3. The van der Waals surface area contributed by atoms with E-state index in [-0.39, 0.29) is 35.6 Å². The summed E-state index contributed by atoms with van der Waals surface area (Å²) in [7, 11) is 0. The lowest BCUT2D eigenvalue weighted by atomic mass is 10.1. The number of carboxylic acid groups (broad SMARTS) is 1. The molecule has 3 aromatic rings. The maximum absolute atomic E-state index is 13.1. The maximum atomic E-state index is 13.1. The van der Waals surface area contributed by atoms with Crippen LogP contribution < -0.4 is 15.4 Å². The van der Waals surface area contributed by atoms with E-state index in [0.717, 1.165) is 17.7 Å². The molecule has 8 nitrogen and oxygen atoms in total. The molecular weight excluding hydrogens is 503 g/mol. The molecule has 3 N–H and O–H groups in total. The van der Waals surface area contributed by atoms with E-state index in [1.165, 1.54) is 24.4 Å². The number of nitrogens with one attached hydrogen (secondary N) is 2. The van der Waals surface area contributed by atoms with Gasteiger partial charge in [-0.05, 0) is 48.7 Å². The van der Waals surface area contributed by atoms with Crippen LogP contribution in [0.2, 0.25) is 0 Å². The summed E-state index contributed by atoms with van der Waals surface area (Å²) in [6, 6.07) is 13.3. The van der Waals surface area contributed by atoms with Gasteiger partial charge in [-0.1, -0.05) is 25.1 Å². The molecule has 0 fully saturated rings. The number of carbonyl (C=O) groups excluding carboxylic acids is 2. The molecule has 38 heavy (non-hydrogen) atoms. The van der Waals surface area contributed by atoms with Crippen LogP contribution in [0.15, 0.2) is 60.8 Å². The first-order chi connectivity index (χ1) is 18.0. The number of pyridine rings is 1. The van der Waals surface area contributed by atoms with Crippen molar-refractivity contribution in [1.82, 2.24) is 4.98 Å². The van der Waals surface area contributed by atoms with Gasteiger partial charge >= 0.3 is 12.3 Å². The van der Waals surface area contributed by atoms with E-state index in [1.807, 2.05) is 6.92 Å². The van der Waals surface area contributed by atoms with Crippen LogP contribution in [0.5, 0.6) is 5.75 Å². The van der Waals surface area contributed by atoms with Gasteiger partial charge < -0.3 is 20.5 Å². The third-order valence-corrected chi connectivity index (χ3v) is 5.30. The Hall–Kier alpha value is -4.41. The number of ether oxygens (including phenoxy) is 1. The van der Waals surface area contributed by atoms with Crippen molar-refractivity contribution in [3.63, 3.8) is 0 Å². The van der Waals surface area contributed by atoms with Crippen LogP contribution in [-0.2, 0) is 22.4 Å². The topological polar surface area (TPSA) is 118 Å². The van der Waals surface area contributed by atoms with E-state index in [2.05, 4.69) is 20.4 Å². The van der Waals surface area contributed by atoms with E-state index < -0.39 is 24.0 Å². The van der Waals surface area contributed by atoms with E-state index in [0.29, 0.717) is 30.6 Å². The van der Waals surface area contributed by atoms with Gasteiger partial charge in [-0.25, -0.2) is 0 Å². The van der Waals surface area contributed by atoms with Crippen LogP contribution >= 0.6 is 0 Å². The summed E-state index contributed by atoms with van der Waals surface area (Å²) in [6.07, 6.45) is -2.16. The second kappa shape index (κ2) is 12.7. The van der Waals surface area contributed by atoms with Crippen molar-refractivity contribution in [1.29, 1.82) is 0 Å². The Kier molecular flexibility index (Phi) is 9.42. The molecule has 1 heterocycles. The molecule has 200 valence electrons. The van der Waals surface area contributed by atoms with Crippen LogP contribution in [-0.4, -0.2) is 34.1 Å². The average molecular weight is 530 g/mol. The number of Topliss-reactive ketones (excluding diaryl/α,β-unsaturated/α-hetero) is 1. The number of hydrogen-bond donors (Lipinski definition) is 3. The lowest BCUT2D eigenvalue weighted by Crippen LogP contribution is -2.17. The molecule has 0 atom stereocenters. The molecule has 2 aromatic carbocycles. The number of amides is 1. The average Bonchev–Trinajstić information content (AvgIpc) is 2.83. The van der Waals surface area contributed by atoms with Crippen molar-refractivity contribution in [3.8, 4) is 5.75 Å². The highest BCUT2D eigenvalue weighted by molar-refractivity contribution is 6.08. The Morgan fingerprint density at radius 2 is 1.74 bits per heavy atom. The SMILES string of the molecule is CCCC(=O)Cc1cc(Nc2cccc(OC(F)(F)F)c2)c(C(=O)Nc2ccc(CCC(=O)O)cc2)cn1. The van der Waals surface area contributed by atoms with Gasteiger partial charge in [0.1, 0.15) is 11.5 Å². The standard InChI is InChI=1S/C27H26F3N3O5/c1-2-4-21(34)13-20-15-24(32-19-5-3-6-22(14-19)38-27(28,29)30)23(16-31-20)26(37)33-18-10-7-17(8-11-18)9-12-25(35)36/h3,5-8,10-11,14-16H,2,4,9,12-13H2,1H3,(H,31,32)(H,33,37)(H,35,36). The molecule has 1 amide bonds. The number of aryl methyl sites for hydroxylation is 1. The third kappa shape index (κ3) is 8.91. The van der Waals surface area contributed by atoms with E-state index in [1.54, 1.807) is 24.3 Å². The summed E-state index contributed by atoms with van der Waals surface area (Å²) in [5.74, 6) is -1.94. The smallest absolute Gasteiger partial charge is 0.481 e. The minimum Gasteiger partial charge on any atom is -0.481 e. The van der Waals surface area contributed by atoms with Gasteiger partial charge in [-0.15, -0.1) is 13.2 Å². The van der Waals surface area contributed by atoms with Gasteiger partial charge in [0.05, 0.1) is 11.3 Å². The Morgan fingerprint density at radius 3 is 2.39 bits per heavy atom. The highest BCUT2D eigenvalue weighted by Crippen LogP contribution is 2.28. The highest BCUT2D eigenvalue weighted by Gasteiger charge is 2.31. The van der Waals surface area contributed by atoms with Crippen LogP contribution in [0.1, 0.15) is 47.8 Å². The number of nitrogens with zero attached hydrogens (tertiary/aromatic N) is 1. The van der Waals surface area contributed by atoms with Gasteiger partial charge in [0.2, 0.25) is 0 Å². The molecule has 0 unspecified atom stereocenters. The zero-order chi connectivity index (χ0) is 27.7. The minimum absolute atomic E-state index is 0.0191. The second-order valence-corrected chi connectivity index (χ2v) is 8.43. The summed E-state index contributed by atoms with van der Waals surface area (Å²) >= 11 is 0. The van der Waals surface area contributed by atoms with Crippen molar-refractivity contribution in [2.24, 2.45) is 0 Å². The molecule has 0 aliphatic carbocycles. The zero-order valence-corrected chi connectivity index (χ0v) is 20.5. The number of hydrogen-bond acceptors (Lipinski definition) is 6. The Morgan fingerprint density at radius 1 is 1.00 bits per heavy atom. The van der Waals surface area contributed by atoms with E-state index in [4.69, 9.17) is 5.11 Å². The molecule has 0 saturated heterocycles. The number of anilines is 3. The molecule has 3 rings (SSSR count). The van der Waals surface area contributed by atoms with E-state index >= 15 is 0 Å². The predicted octanol–water partition coefficient (Wildman–Crippen LogP) is 5.91. The van der Waals surface area contributed by atoms with Crippen LogP contribution in [0.4, 0.5) is 30.2 Å². The molecule has 0 aliphatic rings. The third-order valence-electron chi connectivity index (χ3n) is 5.30. The quantitative estimate of drug-likeness (QED) is 0.267. The number of aromatic nitrogens is 1. The van der Waals surface area contributed by atoms with Crippen molar-refractivity contribution >= 4 is 34.7 Å². The van der Waals surface area contributed by atoms with Gasteiger partial charge in [0, 0.05) is 48.6 Å². The van der Waals surface area contributed by atoms with Crippen LogP contribution in [0.25, 0.3) is 0 Å². The fourth-order valence-electron chi connectivity index (χ4n) is 3.58. The molecule has 0 spiro atoms. The molecule has 11 heteroatoms. The number of benzene rings is 2. The first kappa shape index (κ1) is 28.2. The van der Waals surface area contributed by atoms with Crippen molar-refractivity contribution < 1.29 is 37.4 Å². The lowest BCUT2D eigenvalue weighted by molar-refractivity contribution is -0.274. The zero-order valence-electron chi connectivity index (χ0n) is 20.5. The summed E-state index contributed by atoms with van der Waals surface area (Å²) < 4.78 is 41.9. The van der Waals surface area contributed by atoms with E-state index in [9.17, 15) is 27.6 Å². The Balaban J connectivity index is 1.85. The Labute approximate surface area is 216 Å². The normalized spacial score (nSPS) is 11.1. The molecule has 0 aliphatic heterocycles. The number of aliphatic carboxylic acids is 1. The fraction of sp³-hybridized carbons (Fsp3) is 0.259. The number of halogens is 3. The number of carboxylic acids is 1. The van der Waals surface area contributed by atoms with Gasteiger partial charge in [-0.2, -0.15) is 0 Å². The molecule has 1 aromatic heterocycles. The molecule has 0 bridgehead atoms. The second-order valence-electron chi connectivity index (χ2n) is 8.43. The summed E-state index contributed by atoms with van der Waals surface area (Å²) in [5, 5.41) is 14.5. The number of ketones is 1. The molecule has 0 radical (unpaired) electrons. The largest absolute Gasteiger partial charge is 0.573 e. The van der Waals surface area contributed by atoms with Crippen LogP contribution in [0, 0.1) is 0 Å². The predicted molar refractivity (Wildman–Crippen MR) is 135 cm³/mol. The van der Waals surface area contributed by atoms with Crippen molar-refractivity contribution in [2.45, 2.75) is 45.4 Å². The fourth-order valence-corrected chi connectivity index (χ4v) is 3.58. The Bertz CT molecular complexity index is 1290. The summed E-state index contributed by atoms with van der Waals surface area (Å²) in [5.41, 5.74) is 2.18. The first-order valence-electron chi connectivity index (χ1n) is 11.8. The lowest BCUT2D eigenvalue weighted by Gasteiger charge is -2.15. The first-order valence-corrected chi connectivity index (χ1v) is 11.8. The number of carbonyl (C=O) groups is 3. The van der Waals surface area contributed by atoms with Gasteiger partial charge in [-0.3, -0.25) is 19.4 Å². The molecule has 0 saturated carbocycles. The van der Waals surface area contributed by atoms with Crippen molar-refractivity contribution in [2.75, 3.05) is 10.6 Å². The highest BCUT2D eigenvalue weighted by atomic mass is 19.4. The molecular formula is C27H26F3N3O5. The van der Waals surface area contributed by atoms with Crippen molar-refractivity contribution in [3.05, 3.63) is 77.6 Å². The summed E-state index contributed by atoms with van der Waals surface area (Å²) in [6.45, 7) is 1.88.